The Hall–Kier alpha value is -0.960. The molecule has 2 N–H and O–H groups in total. The van der Waals surface area contributed by atoms with E-state index in [1.54, 1.807) is 6.07 Å². The highest BCUT2D eigenvalue weighted by molar-refractivity contribution is 5.18. The van der Waals surface area contributed by atoms with E-state index in [-0.39, 0.29) is 0 Å². The zero-order chi connectivity index (χ0) is 9.84. The van der Waals surface area contributed by atoms with Gasteiger partial charge in [0.1, 0.15) is 0 Å². The summed E-state index contributed by atoms with van der Waals surface area (Å²) < 4.78 is 25.2. The molecule has 0 radical (unpaired) electrons. The van der Waals surface area contributed by atoms with Gasteiger partial charge in [-0.2, -0.15) is 0 Å². The fraction of sp³-hybridized carbons (Fsp3) is 0.400. The Balaban J connectivity index is 2.73. The molecule has 72 valence electrons. The smallest absolute Gasteiger partial charge is 0.159 e. The Kier molecular flexibility index (Phi) is 3.37. The SMILES string of the molecule is C[C@H](CN)Cc1ccc(F)c(F)c1. The average molecular weight is 185 g/mol. The molecular formula is C10H13F2N. The third kappa shape index (κ3) is 2.77. The standard InChI is InChI=1S/C10H13F2N/c1-7(6-13)4-8-2-3-9(11)10(12)5-8/h2-3,5,7H,4,6,13H2,1H3/t7-/m0/s1. The molecule has 0 heterocycles. The lowest BCUT2D eigenvalue weighted by atomic mass is 10.0. The van der Waals surface area contributed by atoms with Crippen molar-refractivity contribution in [2.45, 2.75) is 13.3 Å². The maximum absolute atomic E-state index is 12.7. The molecule has 13 heavy (non-hydrogen) atoms. The molecule has 0 aliphatic carbocycles. The van der Waals surface area contributed by atoms with Crippen LogP contribution in [0, 0.1) is 17.6 Å². The van der Waals surface area contributed by atoms with Crippen LogP contribution in [0.5, 0.6) is 0 Å². The zero-order valence-corrected chi connectivity index (χ0v) is 7.56. The van der Waals surface area contributed by atoms with Gasteiger partial charge in [-0.15, -0.1) is 0 Å². The summed E-state index contributed by atoms with van der Waals surface area (Å²) >= 11 is 0. The van der Waals surface area contributed by atoms with Gasteiger partial charge in [0.15, 0.2) is 11.6 Å². The summed E-state index contributed by atoms with van der Waals surface area (Å²) in [6, 6.07) is 3.96. The van der Waals surface area contributed by atoms with E-state index < -0.39 is 11.6 Å². The van der Waals surface area contributed by atoms with E-state index in [2.05, 4.69) is 0 Å². The molecule has 0 saturated heterocycles. The van der Waals surface area contributed by atoms with Gasteiger partial charge in [-0.25, -0.2) is 8.78 Å². The van der Waals surface area contributed by atoms with Crippen molar-refractivity contribution < 1.29 is 8.78 Å². The Morgan fingerprint density at radius 1 is 1.31 bits per heavy atom. The lowest BCUT2D eigenvalue weighted by molar-refractivity contribution is 0.504. The van der Waals surface area contributed by atoms with Gasteiger partial charge in [0.25, 0.3) is 0 Å². The third-order valence-corrected chi connectivity index (χ3v) is 1.97. The minimum atomic E-state index is -0.802. The van der Waals surface area contributed by atoms with E-state index >= 15 is 0 Å². The van der Waals surface area contributed by atoms with E-state index in [0.29, 0.717) is 18.9 Å². The van der Waals surface area contributed by atoms with Gasteiger partial charge in [-0.3, -0.25) is 0 Å². The van der Waals surface area contributed by atoms with Gasteiger partial charge in [0, 0.05) is 0 Å². The fourth-order valence-corrected chi connectivity index (χ4v) is 1.15. The second kappa shape index (κ2) is 4.33. The summed E-state index contributed by atoms with van der Waals surface area (Å²) in [5, 5.41) is 0. The minimum Gasteiger partial charge on any atom is -0.330 e. The van der Waals surface area contributed by atoms with Gasteiger partial charge in [-0.05, 0) is 36.6 Å². The van der Waals surface area contributed by atoms with Crippen LogP contribution in [0.25, 0.3) is 0 Å². The van der Waals surface area contributed by atoms with Crippen LogP contribution in [0.3, 0.4) is 0 Å². The quantitative estimate of drug-likeness (QED) is 0.766. The van der Waals surface area contributed by atoms with Crippen LogP contribution in [0.4, 0.5) is 8.78 Å². The van der Waals surface area contributed by atoms with Crippen molar-refractivity contribution in [1.82, 2.24) is 0 Å². The molecule has 3 heteroatoms. The number of nitrogens with two attached hydrogens (primary N) is 1. The summed E-state index contributed by atoms with van der Waals surface area (Å²) in [7, 11) is 0. The molecule has 1 aromatic rings. The summed E-state index contributed by atoms with van der Waals surface area (Å²) in [6.07, 6.45) is 0.688. The molecule has 0 unspecified atom stereocenters. The number of hydrogen-bond donors (Lipinski definition) is 1. The molecular weight excluding hydrogens is 172 g/mol. The van der Waals surface area contributed by atoms with Crippen molar-refractivity contribution in [3.63, 3.8) is 0 Å². The number of halogens is 2. The van der Waals surface area contributed by atoms with Crippen molar-refractivity contribution in [3.8, 4) is 0 Å². The van der Waals surface area contributed by atoms with Crippen molar-refractivity contribution >= 4 is 0 Å². The maximum Gasteiger partial charge on any atom is 0.159 e. The fourth-order valence-electron chi connectivity index (χ4n) is 1.15. The minimum absolute atomic E-state index is 0.296. The van der Waals surface area contributed by atoms with E-state index in [9.17, 15) is 8.78 Å². The van der Waals surface area contributed by atoms with Gasteiger partial charge in [0.2, 0.25) is 0 Å². The van der Waals surface area contributed by atoms with Crippen LogP contribution in [-0.2, 0) is 6.42 Å². The van der Waals surface area contributed by atoms with E-state index in [4.69, 9.17) is 5.73 Å². The summed E-state index contributed by atoms with van der Waals surface area (Å²) in [5.74, 6) is -1.30. The molecule has 1 aromatic carbocycles. The van der Waals surface area contributed by atoms with Crippen LogP contribution in [0.1, 0.15) is 12.5 Å². The predicted octanol–water partition coefficient (Wildman–Crippen LogP) is 2.10. The van der Waals surface area contributed by atoms with Crippen molar-refractivity contribution in [1.29, 1.82) is 0 Å². The zero-order valence-electron chi connectivity index (χ0n) is 7.56. The average Bonchev–Trinajstić information content (AvgIpc) is 2.11. The largest absolute Gasteiger partial charge is 0.330 e. The van der Waals surface area contributed by atoms with E-state index in [1.165, 1.54) is 6.07 Å². The highest BCUT2D eigenvalue weighted by Crippen LogP contribution is 2.12. The lowest BCUT2D eigenvalue weighted by Crippen LogP contribution is -2.13. The van der Waals surface area contributed by atoms with Crippen LogP contribution < -0.4 is 5.73 Å². The van der Waals surface area contributed by atoms with Crippen molar-refractivity contribution in [2.24, 2.45) is 11.7 Å². The molecule has 1 atom stereocenters. The van der Waals surface area contributed by atoms with Crippen LogP contribution >= 0.6 is 0 Å². The Morgan fingerprint density at radius 3 is 2.54 bits per heavy atom. The highest BCUT2D eigenvalue weighted by Gasteiger charge is 2.05. The second-order valence-corrected chi connectivity index (χ2v) is 3.29. The van der Waals surface area contributed by atoms with Crippen LogP contribution in [0.15, 0.2) is 18.2 Å². The van der Waals surface area contributed by atoms with Crippen molar-refractivity contribution in [3.05, 3.63) is 35.4 Å². The van der Waals surface area contributed by atoms with Crippen LogP contribution in [-0.4, -0.2) is 6.54 Å². The van der Waals surface area contributed by atoms with Gasteiger partial charge in [-0.1, -0.05) is 13.0 Å². The molecule has 1 nitrogen and oxygen atoms in total. The van der Waals surface area contributed by atoms with Gasteiger partial charge in [0.05, 0.1) is 0 Å². The third-order valence-electron chi connectivity index (χ3n) is 1.97. The van der Waals surface area contributed by atoms with Crippen molar-refractivity contribution in [2.75, 3.05) is 6.54 Å². The number of rotatable bonds is 3. The monoisotopic (exact) mass is 185 g/mol. The topological polar surface area (TPSA) is 26.0 Å². The first-order valence-corrected chi connectivity index (χ1v) is 4.27. The highest BCUT2D eigenvalue weighted by atomic mass is 19.2. The first-order chi connectivity index (χ1) is 6.13. The second-order valence-electron chi connectivity index (χ2n) is 3.29. The molecule has 0 aliphatic heterocycles. The Bertz CT molecular complexity index is 286. The first-order valence-electron chi connectivity index (χ1n) is 4.27. The first kappa shape index (κ1) is 10.1. The van der Waals surface area contributed by atoms with E-state index in [1.807, 2.05) is 6.92 Å². The molecule has 0 saturated carbocycles. The number of hydrogen-bond acceptors (Lipinski definition) is 1. The molecule has 0 spiro atoms. The van der Waals surface area contributed by atoms with Crippen LogP contribution in [0.2, 0.25) is 0 Å². The summed E-state index contributed by atoms with van der Waals surface area (Å²) in [6.45, 7) is 2.53. The van der Waals surface area contributed by atoms with E-state index in [0.717, 1.165) is 11.6 Å². The van der Waals surface area contributed by atoms with Gasteiger partial charge < -0.3 is 5.73 Å². The summed E-state index contributed by atoms with van der Waals surface area (Å²) in [5.41, 5.74) is 6.21. The normalized spacial score (nSPS) is 12.9. The molecule has 0 amide bonds. The molecule has 0 fully saturated rings. The summed E-state index contributed by atoms with van der Waals surface area (Å²) in [4.78, 5) is 0. The molecule has 0 bridgehead atoms. The Labute approximate surface area is 76.6 Å². The maximum atomic E-state index is 12.7. The lowest BCUT2D eigenvalue weighted by Gasteiger charge is -2.07. The number of benzene rings is 1. The Morgan fingerprint density at radius 2 is 2.00 bits per heavy atom. The molecule has 1 rings (SSSR count). The van der Waals surface area contributed by atoms with Gasteiger partial charge >= 0.3 is 0 Å². The molecule has 0 aromatic heterocycles. The predicted molar refractivity (Wildman–Crippen MR) is 48.3 cm³/mol. The molecule has 0 aliphatic rings.